The summed E-state index contributed by atoms with van der Waals surface area (Å²) < 4.78 is 0. The molecule has 1 aromatic rings. The van der Waals surface area contributed by atoms with Crippen LogP contribution in [0, 0.1) is 11.8 Å². The van der Waals surface area contributed by atoms with E-state index in [0.717, 1.165) is 18.0 Å². The summed E-state index contributed by atoms with van der Waals surface area (Å²) in [6.07, 6.45) is 3.88. The van der Waals surface area contributed by atoms with E-state index in [2.05, 4.69) is 12.2 Å². The van der Waals surface area contributed by atoms with Crippen molar-refractivity contribution >= 4 is 5.91 Å². The Bertz CT molecular complexity index is 347. The Kier molecular flexibility index (Phi) is 3.60. The molecule has 2 nitrogen and oxygen atoms in total. The molecular formula is C14H19NO. The number of hydrogen-bond acceptors (Lipinski definition) is 1. The van der Waals surface area contributed by atoms with Crippen LogP contribution in [0.3, 0.4) is 0 Å². The predicted molar refractivity (Wildman–Crippen MR) is 65.3 cm³/mol. The average molecular weight is 217 g/mol. The fraction of sp³-hybridized carbons (Fsp3) is 0.500. The average Bonchev–Trinajstić information content (AvgIpc) is 2.73. The lowest BCUT2D eigenvalue weighted by atomic mass is 9.98. The normalized spacial score (nSPS) is 24.3. The van der Waals surface area contributed by atoms with Gasteiger partial charge in [-0.1, -0.05) is 38.0 Å². The smallest absolute Gasteiger partial charge is 0.251 e. The summed E-state index contributed by atoms with van der Waals surface area (Å²) in [5, 5.41) is 3.03. The molecule has 1 aliphatic rings. The predicted octanol–water partition coefficient (Wildman–Crippen LogP) is 2.85. The minimum Gasteiger partial charge on any atom is -0.352 e. The van der Waals surface area contributed by atoms with E-state index in [4.69, 9.17) is 0 Å². The van der Waals surface area contributed by atoms with Crippen molar-refractivity contribution in [3.63, 3.8) is 0 Å². The molecule has 16 heavy (non-hydrogen) atoms. The highest BCUT2D eigenvalue weighted by Crippen LogP contribution is 2.30. The summed E-state index contributed by atoms with van der Waals surface area (Å²) in [5.41, 5.74) is 0.758. The van der Waals surface area contributed by atoms with Gasteiger partial charge >= 0.3 is 0 Å². The molecule has 2 atom stereocenters. The molecule has 0 heterocycles. The molecule has 1 aliphatic carbocycles. The number of amides is 1. The lowest BCUT2D eigenvalue weighted by Gasteiger charge is -2.15. The van der Waals surface area contributed by atoms with Crippen LogP contribution < -0.4 is 5.32 Å². The molecule has 0 spiro atoms. The van der Waals surface area contributed by atoms with Crippen molar-refractivity contribution < 1.29 is 4.79 Å². The van der Waals surface area contributed by atoms with Crippen LogP contribution >= 0.6 is 0 Å². The Labute approximate surface area is 97.1 Å². The van der Waals surface area contributed by atoms with Gasteiger partial charge in [-0.25, -0.2) is 0 Å². The first-order valence-corrected chi connectivity index (χ1v) is 6.10. The van der Waals surface area contributed by atoms with E-state index in [0.29, 0.717) is 5.92 Å². The molecule has 2 heteroatoms. The molecule has 1 aromatic carbocycles. The minimum absolute atomic E-state index is 0.0553. The van der Waals surface area contributed by atoms with Gasteiger partial charge in [-0.2, -0.15) is 0 Å². The van der Waals surface area contributed by atoms with Gasteiger partial charge < -0.3 is 5.32 Å². The number of carbonyl (C=O) groups excluding carboxylic acids is 1. The third kappa shape index (κ3) is 2.63. The van der Waals surface area contributed by atoms with E-state index in [1.165, 1.54) is 19.3 Å². The van der Waals surface area contributed by atoms with Crippen molar-refractivity contribution in [1.82, 2.24) is 5.32 Å². The number of nitrogens with one attached hydrogen (secondary N) is 1. The molecule has 1 amide bonds. The third-order valence-electron chi connectivity index (χ3n) is 3.60. The SMILES string of the molecule is CC1CCCC1CNC(=O)c1ccccc1. The Morgan fingerprint density at radius 1 is 1.31 bits per heavy atom. The fourth-order valence-electron chi connectivity index (χ4n) is 2.44. The van der Waals surface area contributed by atoms with Crippen molar-refractivity contribution in [2.75, 3.05) is 6.54 Å². The summed E-state index contributed by atoms with van der Waals surface area (Å²) in [7, 11) is 0. The van der Waals surface area contributed by atoms with Gasteiger partial charge in [0.25, 0.3) is 5.91 Å². The topological polar surface area (TPSA) is 29.1 Å². The second-order valence-electron chi connectivity index (χ2n) is 4.74. The monoisotopic (exact) mass is 217 g/mol. The number of rotatable bonds is 3. The fourth-order valence-corrected chi connectivity index (χ4v) is 2.44. The van der Waals surface area contributed by atoms with Gasteiger partial charge in [0.05, 0.1) is 0 Å². The largest absolute Gasteiger partial charge is 0.352 e. The number of benzene rings is 1. The Morgan fingerprint density at radius 2 is 2.06 bits per heavy atom. The standard InChI is InChI=1S/C14H19NO/c1-11-6-5-9-13(11)10-15-14(16)12-7-3-2-4-8-12/h2-4,7-8,11,13H,5-6,9-10H2,1H3,(H,15,16). The Balaban J connectivity index is 1.84. The summed E-state index contributed by atoms with van der Waals surface area (Å²) in [6, 6.07) is 9.43. The maximum Gasteiger partial charge on any atom is 0.251 e. The molecule has 1 saturated carbocycles. The van der Waals surface area contributed by atoms with Crippen LogP contribution in [0.25, 0.3) is 0 Å². The maximum absolute atomic E-state index is 11.8. The van der Waals surface area contributed by atoms with Crippen molar-refractivity contribution in [1.29, 1.82) is 0 Å². The number of hydrogen-bond donors (Lipinski definition) is 1. The van der Waals surface area contributed by atoms with Crippen LogP contribution in [-0.2, 0) is 0 Å². The first-order valence-electron chi connectivity index (χ1n) is 6.10. The Hall–Kier alpha value is -1.31. The lowest BCUT2D eigenvalue weighted by molar-refractivity contribution is 0.0944. The molecule has 2 unspecified atom stereocenters. The first-order chi connectivity index (χ1) is 7.77. The van der Waals surface area contributed by atoms with Crippen LogP contribution in [0.4, 0.5) is 0 Å². The molecule has 86 valence electrons. The molecule has 1 N–H and O–H groups in total. The highest BCUT2D eigenvalue weighted by atomic mass is 16.1. The minimum atomic E-state index is 0.0553. The molecule has 0 aromatic heterocycles. The van der Waals surface area contributed by atoms with E-state index < -0.39 is 0 Å². The van der Waals surface area contributed by atoms with Crippen LogP contribution in [-0.4, -0.2) is 12.5 Å². The van der Waals surface area contributed by atoms with Crippen molar-refractivity contribution in [2.24, 2.45) is 11.8 Å². The zero-order valence-corrected chi connectivity index (χ0v) is 9.78. The third-order valence-corrected chi connectivity index (χ3v) is 3.60. The zero-order chi connectivity index (χ0) is 11.4. The second kappa shape index (κ2) is 5.15. The van der Waals surface area contributed by atoms with Gasteiger partial charge in [-0.3, -0.25) is 4.79 Å². The summed E-state index contributed by atoms with van der Waals surface area (Å²) in [5.74, 6) is 1.49. The summed E-state index contributed by atoms with van der Waals surface area (Å²) >= 11 is 0. The molecule has 0 saturated heterocycles. The molecule has 0 radical (unpaired) electrons. The van der Waals surface area contributed by atoms with E-state index in [9.17, 15) is 4.79 Å². The van der Waals surface area contributed by atoms with E-state index >= 15 is 0 Å². The van der Waals surface area contributed by atoms with E-state index in [1.54, 1.807) is 0 Å². The Morgan fingerprint density at radius 3 is 2.69 bits per heavy atom. The van der Waals surface area contributed by atoms with Crippen molar-refractivity contribution in [3.8, 4) is 0 Å². The van der Waals surface area contributed by atoms with Crippen molar-refractivity contribution in [3.05, 3.63) is 35.9 Å². The molecule has 2 rings (SSSR count). The van der Waals surface area contributed by atoms with Gasteiger partial charge in [-0.15, -0.1) is 0 Å². The summed E-state index contributed by atoms with van der Waals surface area (Å²) in [6.45, 7) is 3.11. The van der Waals surface area contributed by atoms with Crippen molar-refractivity contribution in [2.45, 2.75) is 26.2 Å². The number of carbonyl (C=O) groups is 1. The zero-order valence-electron chi connectivity index (χ0n) is 9.78. The van der Waals surface area contributed by atoms with Gasteiger partial charge in [-0.05, 0) is 30.4 Å². The molecule has 0 bridgehead atoms. The van der Waals surface area contributed by atoms with E-state index in [1.807, 2.05) is 30.3 Å². The van der Waals surface area contributed by atoms with Crippen LogP contribution in [0.15, 0.2) is 30.3 Å². The highest BCUT2D eigenvalue weighted by Gasteiger charge is 2.23. The first kappa shape index (κ1) is 11.2. The van der Waals surface area contributed by atoms with Gasteiger partial charge in [0.1, 0.15) is 0 Å². The summed E-state index contributed by atoms with van der Waals surface area (Å²) in [4.78, 5) is 11.8. The van der Waals surface area contributed by atoms with Gasteiger partial charge in [0.15, 0.2) is 0 Å². The quantitative estimate of drug-likeness (QED) is 0.828. The van der Waals surface area contributed by atoms with E-state index in [-0.39, 0.29) is 5.91 Å². The molecular weight excluding hydrogens is 198 g/mol. The molecule has 0 aliphatic heterocycles. The van der Waals surface area contributed by atoms with Crippen LogP contribution in [0.1, 0.15) is 36.5 Å². The molecule has 1 fully saturated rings. The lowest BCUT2D eigenvalue weighted by Crippen LogP contribution is -2.30. The van der Waals surface area contributed by atoms with Gasteiger partial charge in [0, 0.05) is 12.1 Å². The maximum atomic E-state index is 11.8. The van der Waals surface area contributed by atoms with Crippen LogP contribution in [0.5, 0.6) is 0 Å². The van der Waals surface area contributed by atoms with Gasteiger partial charge in [0.2, 0.25) is 0 Å². The highest BCUT2D eigenvalue weighted by molar-refractivity contribution is 5.94. The van der Waals surface area contributed by atoms with Crippen LogP contribution in [0.2, 0.25) is 0 Å². The second-order valence-corrected chi connectivity index (χ2v) is 4.74.